The zero-order chi connectivity index (χ0) is 17.5. The normalized spacial score (nSPS) is 37.0. The zero-order valence-corrected chi connectivity index (χ0v) is 15.0. The van der Waals surface area contributed by atoms with Crippen LogP contribution in [0.1, 0.15) is 65.7 Å². The summed E-state index contributed by atoms with van der Waals surface area (Å²) in [7, 11) is 0. The molecule has 0 aromatic heterocycles. The number of imide groups is 1. The Labute approximate surface area is 143 Å². The average molecular weight is 335 g/mol. The maximum Gasteiger partial charge on any atom is 0.325 e. The van der Waals surface area contributed by atoms with E-state index in [1.54, 1.807) is 0 Å². The molecule has 1 spiro atoms. The van der Waals surface area contributed by atoms with Gasteiger partial charge in [0.2, 0.25) is 5.91 Å². The quantitative estimate of drug-likeness (QED) is 0.787. The molecule has 1 N–H and O–H groups in total. The lowest BCUT2D eigenvalue weighted by molar-refractivity contribution is -0.143. The molecule has 0 bridgehead atoms. The van der Waals surface area contributed by atoms with Crippen LogP contribution in [0.15, 0.2) is 0 Å². The Morgan fingerprint density at radius 3 is 2.25 bits per heavy atom. The molecule has 4 amide bonds. The summed E-state index contributed by atoms with van der Waals surface area (Å²) in [5.41, 5.74) is -0.761. The van der Waals surface area contributed by atoms with Crippen molar-refractivity contribution in [3.63, 3.8) is 0 Å². The van der Waals surface area contributed by atoms with Crippen molar-refractivity contribution in [2.45, 2.75) is 83.3 Å². The molecular formula is C18H29N3O3. The van der Waals surface area contributed by atoms with Gasteiger partial charge < -0.3 is 10.2 Å². The first-order chi connectivity index (χ1) is 11.3. The maximum atomic E-state index is 12.9. The predicted molar refractivity (Wildman–Crippen MR) is 90.2 cm³/mol. The predicted octanol–water partition coefficient (Wildman–Crippen LogP) is 2.28. The SMILES string of the molecule is CC1CCC2(CC1)NC(=O)N(CC(=O)N1[C@H](C)CCC[C@@H]1C)C2=O. The minimum atomic E-state index is -0.761. The van der Waals surface area contributed by atoms with E-state index in [1.807, 2.05) is 18.7 Å². The number of carbonyl (C=O) groups excluding carboxylic acids is 3. The van der Waals surface area contributed by atoms with E-state index >= 15 is 0 Å². The van der Waals surface area contributed by atoms with Gasteiger partial charge in [0.05, 0.1) is 0 Å². The molecule has 3 aliphatic rings. The van der Waals surface area contributed by atoms with Crippen LogP contribution < -0.4 is 5.32 Å². The van der Waals surface area contributed by atoms with Gasteiger partial charge in [0, 0.05) is 12.1 Å². The van der Waals surface area contributed by atoms with E-state index in [0.29, 0.717) is 18.8 Å². The molecule has 2 aliphatic heterocycles. The first kappa shape index (κ1) is 17.2. The summed E-state index contributed by atoms with van der Waals surface area (Å²) in [4.78, 5) is 40.9. The van der Waals surface area contributed by atoms with E-state index < -0.39 is 11.6 Å². The second-order valence-corrected chi connectivity index (χ2v) is 8.02. The van der Waals surface area contributed by atoms with E-state index in [4.69, 9.17) is 0 Å². The molecule has 2 heterocycles. The van der Waals surface area contributed by atoms with Gasteiger partial charge in [-0.3, -0.25) is 14.5 Å². The van der Waals surface area contributed by atoms with E-state index in [1.165, 1.54) is 0 Å². The average Bonchev–Trinajstić information content (AvgIpc) is 2.75. The van der Waals surface area contributed by atoms with Gasteiger partial charge in [0.25, 0.3) is 5.91 Å². The van der Waals surface area contributed by atoms with Crippen LogP contribution in [-0.2, 0) is 9.59 Å². The van der Waals surface area contributed by atoms with Crippen LogP contribution in [0.3, 0.4) is 0 Å². The summed E-state index contributed by atoms with van der Waals surface area (Å²) in [6.45, 7) is 6.14. The molecule has 0 radical (unpaired) electrons. The first-order valence-corrected chi connectivity index (χ1v) is 9.29. The summed E-state index contributed by atoms with van der Waals surface area (Å²) in [5.74, 6) is 0.274. The van der Waals surface area contributed by atoms with Crippen molar-refractivity contribution in [3.8, 4) is 0 Å². The Hall–Kier alpha value is -1.59. The third-order valence-electron chi connectivity index (χ3n) is 6.15. The number of urea groups is 1. The number of nitrogens with one attached hydrogen (secondary N) is 1. The number of piperidine rings is 1. The molecule has 2 saturated heterocycles. The van der Waals surface area contributed by atoms with E-state index in [2.05, 4.69) is 12.2 Å². The summed E-state index contributed by atoms with van der Waals surface area (Å²) >= 11 is 0. The Balaban J connectivity index is 1.70. The molecule has 1 aliphatic carbocycles. The number of likely N-dealkylation sites (tertiary alicyclic amines) is 1. The third kappa shape index (κ3) is 2.91. The Morgan fingerprint density at radius 1 is 1.08 bits per heavy atom. The molecule has 1 saturated carbocycles. The summed E-state index contributed by atoms with van der Waals surface area (Å²) in [6, 6.07) is -0.0572. The molecular weight excluding hydrogens is 306 g/mol. The highest BCUT2D eigenvalue weighted by Gasteiger charge is 2.52. The zero-order valence-electron chi connectivity index (χ0n) is 15.0. The fourth-order valence-corrected chi connectivity index (χ4v) is 4.54. The van der Waals surface area contributed by atoms with Gasteiger partial charge in [0.1, 0.15) is 12.1 Å². The minimum Gasteiger partial charge on any atom is -0.336 e. The Bertz CT molecular complexity index is 530. The van der Waals surface area contributed by atoms with Crippen LogP contribution in [0.2, 0.25) is 0 Å². The summed E-state index contributed by atoms with van der Waals surface area (Å²) in [6.07, 6.45) is 6.33. The number of nitrogens with zero attached hydrogens (tertiary/aromatic N) is 2. The van der Waals surface area contributed by atoms with Gasteiger partial charge in [0.15, 0.2) is 0 Å². The lowest BCUT2D eigenvalue weighted by Crippen LogP contribution is -2.53. The molecule has 3 rings (SSSR count). The highest BCUT2D eigenvalue weighted by atomic mass is 16.2. The lowest BCUT2D eigenvalue weighted by Gasteiger charge is -2.39. The Kier molecular flexibility index (Phi) is 4.58. The van der Waals surface area contributed by atoms with Crippen LogP contribution in [-0.4, -0.2) is 51.8 Å². The second kappa shape index (κ2) is 6.37. The highest BCUT2D eigenvalue weighted by molar-refractivity contribution is 6.09. The number of rotatable bonds is 2. The molecule has 0 aromatic rings. The standard InChI is InChI=1S/C18H29N3O3/c1-12-7-9-18(10-8-12)16(23)20(17(24)19-18)11-15(22)21-13(2)5-4-6-14(21)3/h12-14H,4-11H2,1-3H3,(H,19,24)/t12?,13-,14+,18?. The van der Waals surface area contributed by atoms with Crippen LogP contribution in [0.25, 0.3) is 0 Å². The largest absolute Gasteiger partial charge is 0.336 e. The maximum absolute atomic E-state index is 12.9. The number of hydrogen-bond donors (Lipinski definition) is 1. The number of hydrogen-bond acceptors (Lipinski definition) is 3. The summed E-state index contributed by atoms with van der Waals surface area (Å²) < 4.78 is 0. The molecule has 6 nitrogen and oxygen atoms in total. The first-order valence-electron chi connectivity index (χ1n) is 9.29. The van der Waals surface area contributed by atoms with E-state index in [-0.39, 0.29) is 30.4 Å². The Morgan fingerprint density at radius 2 is 1.67 bits per heavy atom. The van der Waals surface area contributed by atoms with Crippen LogP contribution in [0, 0.1) is 5.92 Å². The van der Waals surface area contributed by atoms with Crippen molar-refractivity contribution in [2.75, 3.05) is 6.54 Å². The van der Waals surface area contributed by atoms with Gasteiger partial charge in [-0.15, -0.1) is 0 Å². The second-order valence-electron chi connectivity index (χ2n) is 8.02. The van der Waals surface area contributed by atoms with Crippen molar-refractivity contribution in [3.05, 3.63) is 0 Å². The van der Waals surface area contributed by atoms with Crippen molar-refractivity contribution in [1.29, 1.82) is 0 Å². The monoisotopic (exact) mass is 335 g/mol. The van der Waals surface area contributed by atoms with E-state index in [0.717, 1.165) is 37.0 Å². The summed E-state index contributed by atoms with van der Waals surface area (Å²) in [5, 5.41) is 2.89. The fraction of sp³-hybridized carbons (Fsp3) is 0.833. The molecule has 2 atom stereocenters. The smallest absolute Gasteiger partial charge is 0.325 e. The van der Waals surface area contributed by atoms with E-state index in [9.17, 15) is 14.4 Å². The number of amides is 4. The number of carbonyl (C=O) groups is 3. The van der Waals surface area contributed by atoms with Crippen LogP contribution in [0.5, 0.6) is 0 Å². The van der Waals surface area contributed by atoms with Crippen molar-refractivity contribution < 1.29 is 14.4 Å². The molecule has 3 fully saturated rings. The molecule has 134 valence electrons. The van der Waals surface area contributed by atoms with Gasteiger partial charge in [-0.2, -0.15) is 0 Å². The van der Waals surface area contributed by atoms with Gasteiger partial charge in [-0.25, -0.2) is 4.79 Å². The van der Waals surface area contributed by atoms with Crippen molar-refractivity contribution in [2.24, 2.45) is 5.92 Å². The van der Waals surface area contributed by atoms with Gasteiger partial charge in [-0.05, 0) is 64.7 Å². The highest BCUT2D eigenvalue weighted by Crippen LogP contribution is 2.36. The van der Waals surface area contributed by atoms with Gasteiger partial charge >= 0.3 is 6.03 Å². The molecule has 0 unspecified atom stereocenters. The molecule has 0 aromatic carbocycles. The lowest BCUT2D eigenvalue weighted by atomic mass is 9.77. The topological polar surface area (TPSA) is 69.7 Å². The molecule has 6 heteroatoms. The fourth-order valence-electron chi connectivity index (χ4n) is 4.54. The van der Waals surface area contributed by atoms with Crippen LogP contribution >= 0.6 is 0 Å². The van der Waals surface area contributed by atoms with Gasteiger partial charge in [-0.1, -0.05) is 6.92 Å². The molecule has 24 heavy (non-hydrogen) atoms. The van der Waals surface area contributed by atoms with Crippen molar-refractivity contribution in [1.82, 2.24) is 15.1 Å². The third-order valence-corrected chi connectivity index (χ3v) is 6.15. The van der Waals surface area contributed by atoms with Crippen molar-refractivity contribution >= 4 is 17.8 Å². The minimum absolute atomic E-state index is 0.112. The van der Waals surface area contributed by atoms with Crippen LogP contribution in [0.4, 0.5) is 4.79 Å².